The molecule has 0 aliphatic rings. The van der Waals surface area contributed by atoms with Gasteiger partial charge in [-0.1, -0.05) is 0 Å². The van der Waals surface area contributed by atoms with Crippen LogP contribution in [0, 0.1) is 0 Å². The SMILES string of the molecule is O=S(=O)(OOS(=O)(=O)OP(c1ccccc1)(c1ccccc1)(c1ccccc1)c1ccccc1)OP(c1ccccc1)(c1ccccc1)(c1ccccc1)c1ccccc1. The van der Waals surface area contributed by atoms with Gasteiger partial charge in [-0.2, -0.15) is 0 Å². The molecule has 0 unspecified atom stereocenters. The van der Waals surface area contributed by atoms with E-state index in [1.54, 1.807) is 194 Å². The Balaban J connectivity index is 1.33. The summed E-state index contributed by atoms with van der Waals surface area (Å²) in [5.74, 6) is 0. The van der Waals surface area contributed by atoms with E-state index in [1.165, 1.54) is 0 Å². The predicted molar refractivity (Wildman–Crippen MR) is 245 cm³/mol. The maximum atomic E-state index is 14.9. The van der Waals surface area contributed by atoms with Gasteiger partial charge in [-0.15, -0.1) is 0 Å². The van der Waals surface area contributed by atoms with Crippen LogP contribution in [0.2, 0.25) is 0 Å². The van der Waals surface area contributed by atoms with Crippen LogP contribution in [0.15, 0.2) is 243 Å². The second-order valence-electron chi connectivity index (χ2n) is 13.9. The molecule has 8 aromatic carbocycles. The van der Waals surface area contributed by atoms with E-state index in [2.05, 4.69) is 0 Å². The standard InChI is InChI=1S/C48H40O8P2S2/c49-59(50,55-57(41-25-9-1-10-26-41,42-27-11-2-12-28-42,43-29-13-3-14-30-43)44-31-15-4-16-32-44)53-54-60(51,52)56-58(45-33-17-5-18-34-45,46-35-19-6-20-36-46,47-37-21-7-22-38-47)48-39-23-8-24-40-48/h1-40H. The van der Waals surface area contributed by atoms with Crippen molar-refractivity contribution >= 4 is 76.9 Å². The van der Waals surface area contributed by atoms with Crippen molar-refractivity contribution in [2.75, 3.05) is 0 Å². The third-order valence-electron chi connectivity index (χ3n) is 10.7. The minimum absolute atomic E-state index is 0.504. The Morgan fingerprint density at radius 1 is 0.233 bits per heavy atom. The summed E-state index contributed by atoms with van der Waals surface area (Å²) in [6.07, 6.45) is 0. The van der Waals surface area contributed by atoms with E-state index in [1.807, 2.05) is 48.5 Å². The quantitative estimate of drug-likeness (QED) is 0.0617. The van der Waals surface area contributed by atoms with E-state index in [0.29, 0.717) is 42.4 Å². The van der Waals surface area contributed by atoms with Gasteiger partial charge < -0.3 is 0 Å². The van der Waals surface area contributed by atoms with Crippen molar-refractivity contribution in [3.63, 3.8) is 0 Å². The van der Waals surface area contributed by atoms with Crippen LogP contribution in [0.3, 0.4) is 0 Å². The summed E-state index contributed by atoms with van der Waals surface area (Å²) >= 11 is 0. The molecular formula is C48H40O8P2S2. The molecule has 0 atom stereocenters. The molecule has 8 nitrogen and oxygen atoms in total. The molecule has 0 radical (unpaired) electrons. The van der Waals surface area contributed by atoms with E-state index in [-0.39, 0.29) is 0 Å². The van der Waals surface area contributed by atoms with Crippen molar-refractivity contribution < 1.29 is 33.4 Å². The summed E-state index contributed by atoms with van der Waals surface area (Å²) in [7, 11) is -10.9. The second-order valence-corrected chi connectivity index (χ2v) is 25.2. The van der Waals surface area contributed by atoms with Crippen LogP contribution in [0.25, 0.3) is 0 Å². The van der Waals surface area contributed by atoms with Crippen LogP contribution in [0.5, 0.6) is 0 Å². The average molecular weight is 871 g/mol. The molecule has 0 N–H and O–H groups in total. The molecule has 0 heterocycles. The molecular weight excluding hydrogens is 831 g/mol. The third-order valence-corrected chi connectivity index (χ3v) is 25.3. The summed E-state index contributed by atoms with van der Waals surface area (Å²) in [5, 5.41) is 4.03. The number of benzene rings is 8. The van der Waals surface area contributed by atoms with Gasteiger partial charge in [0.05, 0.1) is 0 Å². The summed E-state index contributed by atoms with van der Waals surface area (Å²) in [5.41, 5.74) is 0. The van der Waals surface area contributed by atoms with E-state index in [0.717, 1.165) is 0 Å². The van der Waals surface area contributed by atoms with Gasteiger partial charge in [0.2, 0.25) is 0 Å². The Kier molecular flexibility index (Phi) is 11.3. The molecule has 0 aromatic heterocycles. The van der Waals surface area contributed by atoms with Gasteiger partial charge in [0, 0.05) is 0 Å². The molecule has 0 aliphatic heterocycles. The zero-order chi connectivity index (χ0) is 41.6. The van der Waals surface area contributed by atoms with Crippen molar-refractivity contribution in [3.05, 3.63) is 243 Å². The van der Waals surface area contributed by atoms with Gasteiger partial charge in [-0.25, -0.2) is 0 Å². The molecule has 302 valence electrons. The van der Waals surface area contributed by atoms with Crippen molar-refractivity contribution in [2.24, 2.45) is 0 Å². The molecule has 0 amide bonds. The summed E-state index contributed by atoms with van der Waals surface area (Å²) in [6, 6.07) is 72.0. The molecule has 0 spiro atoms. The van der Waals surface area contributed by atoms with Crippen LogP contribution in [0.4, 0.5) is 0 Å². The van der Waals surface area contributed by atoms with Gasteiger partial charge in [0.15, 0.2) is 0 Å². The maximum absolute atomic E-state index is 14.9. The zero-order valence-corrected chi connectivity index (χ0v) is 35.5. The van der Waals surface area contributed by atoms with Crippen molar-refractivity contribution in [3.8, 4) is 0 Å². The number of hydrogen-bond acceptors (Lipinski definition) is 8. The molecule has 0 saturated carbocycles. The van der Waals surface area contributed by atoms with Gasteiger partial charge in [-0.05, 0) is 0 Å². The second kappa shape index (κ2) is 16.4. The van der Waals surface area contributed by atoms with Crippen molar-refractivity contribution in [1.82, 2.24) is 0 Å². The van der Waals surface area contributed by atoms with Crippen molar-refractivity contribution in [2.45, 2.75) is 0 Å². The van der Waals surface area contributed by atoms with Crippen LogP contribution < -0.4 is 42.4 Å². The fourth-order valence-electron chi connectivity index (χ4n) is 8.29. The zero-order valence-electron chi connectivity index (χ0n) is 32.1. The Morgan fingerprint density at radius 3 is 0.500 bits per heavy atom. The summed E-state index contributed by atoms with van der Waals surface area (Å²) in [6.45, 7) is -9.84. The first-order valence-corrected chi connectivity index (χ1v) is 25.9. The average Bonchev–Trinajstić information content (AvgIpc) is 3.32. The normalized spacial score (nSPS) is 13.6. The Labute approximate surface area is 351 Å². The summed E-state index contributed by atoms with van der Waals surface area (Å²) in [4.78, 5) is 0. The van der Waals surface area contributed by atoms with Gasteiger partial charge in [-0.3, -0.25) is 0 Å². The predicted octanol–water partition coefficient (Wildman–Crippen LogP) is 7.00. The van der Waals surface area contributed by atoms with E-state index < -0.39 is 34.5 Å². The molecule has 0 fully saturated rings. The van der Waals surface area contributed by atoms with Crippen molar-refractivity contribution in [1.29, 1.82) is 0 Å². The molecule has 60 heavy (non-hydrogen) atoms. The molecule has 8 rings (SSSR count). The van der Waals surface area contributed by atoms with Gasteiger partial charge in [0.25, 0.3) is 0 Å². The van der Waals surface area contributed by atoms with Crippen LogP contribution in [0.1, 0.15) is 0 Å². The van der Waals surface area contributed by atoms with E-state index in [9.17, 15) is 16.8 Å². The number of hydrogen-bond donors (Lipinski definition) is 0. The summed E-state index contributed by atoms with van der Waals surface area (Å²) < 4.78 is 83.2. The molecule has 0 bridgehead atoms. The van der Waals surface area contributed by atoms with Crippen LogP contribution in [-0.2, 0) is 37.4 Å². The first kappa shape index (κ1) is 41.1. The van der Waals surface area contributed by atoms with Gasteiger partial charge in [0.1, 0.15) is 0 Å². The van der Waals surface area contributed by atoms with Gasteiger partial charge >= 0.3 is 353 Å². The minimum atomic E-state index is -5.47. The Morgan fingerprint density at radius 2 is 0.367 bits per heavy atom. The van der Waals surface area contributed by atoms with Crippen LogP contribution in [-0.4, -0.2) is 16.8 Å². The Bertz CT molecular complexity index is 2360. The first-order chi connectivity index (χ1) is 29.1. The number of rotatable bonds is 15. The molecule has 8 aromatic rings. The fraction of sp³-hybridized carbons (Fsp3) is 0. The molecule has 12 heteroatoms. The third kappa shape index (κ3) is 6.72. The topological polar surface area (TPSA) is 105 Å². The molecule has 0 aliphatic carbocycles. The van der Waals surface area contributed by atoms with E-state index >= 15 is 0 Å². The van der Waals surface area contributed by atoms with E-state index in [4.69, 9.17) is 16.6 Å². The molecule has 0 saturated heterocycles. The Hall–Kier alpha value is -5.64. The first-order valence-electron chi connectivity index (χ1n) is 18.9. The monoisotopic (exact) mass is 870 g/mol. The fourth-order valence-corrected chi connectivity index (χ4v) is 24.2. The van der Waals surface area contributed by atoms with Crippen LogP contribution >= 0.6 is 13.7 Å².